The third-order valence-electron chi connectivity index (χ3n) is 2.00. The van der Waals surface area contributed by atoms with Gasteiger partial charge in [0.15, 0.2) is 0 Å². The fourth-order valence-corrected chi connectivity index (χ4v) is 2.86. The van der Waals surface area contributed by atoms with Gasteiger partial charge in [-0.25, -0.2) is 12.8 Å². The van der Waals surface area contributed by atoms with Crippen molar-refractivity contribution in [2.75, 3.05) is 20.2 Å². The molecule has 1 N–H and O–H groups in total. The van der Waals surface area contributed by atoms with Crippen molar-refractivity contribution in [2.24, 2.45) is 0 Å². The van der Waals surface area contributed by atoms with Crippen molar-refractivity contribution in [3.05, 3.63) is 28.5 Å². The van der Waals surface area contributed by atoms with E-state index in [-0.39, 0.29) is 13.2 Å². The minimum Gasteiger partial charge on any atom is -0.395 e. The van der Waals surface area contributed by atoms with E-state index in [9.17, 15) is 12.8 Å². The second kappa shape index (κ2) is 5.22. The molecule has 0 fully saturated rings. The monoisotopic (exact) mass is 311 g/mol. The standard InChI is InChI=1S/C9H11BrFNO3S/c1-12(4-5-13)16(14,15)9-6-7(10)2-3-8(9)11/h2-3,6,13H,4-5H2,1H3. The average Bonchev–Trinajstić information content (AvgIpc) is 2.22. The molecule has 16 heavy (non-hydrogen) atoms. The molecular weight excluding hydrogens is 301 g/mol. The molecule has 1 aromatic rings. The zero-order valence-electron chi connectivity index (χ0n) is 8.52. The lowest BCUT2D eigenvalue weighted by atomic mass is 10.3. The van der Waals surface area contributed by atoms with Gasteiger partial charge in [-0.2, -0.15) is 4.31 Å². The normalized spacial score (nSPS) is 12.1. The summed E-state index contributed by atoms with van der Waals surface area (Å²) >= 11 is 3.08. The van der Waals surface area contributed by atoms with Crippen LogP contribution >= 0.6 is 15.9 Å². The van der Waals surface area contributed by atoms with Gasteiger partial charge in [-0.3, -0.25) is 0 Å². The molecule has 4 nitrogen and oxygen atoms in total. The predicted octanol–water partition coefficient (Wildman–Crippen LogP) is 1.20. The highest BCUT2D eigenvalue weighted by Crippen LogP contribution is 2.22. The molecule has 1 aromatic carbocycles. The van der Waals surface area contributed by atoms with Crippen LogP contribution in [0.5, 0.6) is 0 Å². The molecule has 0 aliphatic rings. The minimum atomic E-state index is -3.89. The van der Waals surface area contributed by atoms with E-state index in [0.29, 0.717) is 4.47 Å². The first-order valence-electron chi connectivity index (χ1n) is 4.42. The van der Waals surface area contributed by atoms with Gasteiger partial charge in [-0.1, -0.05) is 15.9 Å². The lowest BCUT2D eigenvalue weighted by molar-refractivity contribution is 0.266. The van der Waals surface area contributed by atoms with Crippen molar-refractivity contribution < 1.29 is 17.9 Å². The molecule has 0 unspecified atom stereocenters. The Kier molecular flexibility index (Phi) is 4.43. The first kappa shape index (κ1) is 13.6. The van der Waals surface area contributed by atoms with Crippen LogP contribution in [0, 0.1) is 5.82 Å². The van der Waals surface area contributed by atoms with E-state index in [1.807, 2.05) is 0 Å². The molecule has 0 aliphatic carbocycles. The van der Waals surface area contributed by atoms with Crippen molar-refractivity contribution in [1.82, 2.24) is 4.31 Å². The number of halogens is 2. The highest BCUT2D eigenvalue weighted by molar-refractivity contribution is 9.10. The summed E-state index contributed by atoms with van der Waals surface area (Å²) in [4.78, 5) is -0.405. The maximum Gasteiger partial charge on any atom is 0.245 e. The summed E-state index contributed by atoms with van der Waals surface area (Å²) in [6.07, 6.45) is 0. The Labute approximate surface area is 102 Å². The molecule has 0 atom stereocenters. The van der Waals surface area contributed by atoms with Gasteiger partial charge in [0, 0.05) is 18.1 Å². The Morgan fingerprint density at radius 1 is 1.50 bits per heavy atom. The van der Waals surface area contributed by atoms with Gasteiger partial charge >= 0.3 is 0 Å². The fraction of sp³-hybridized carbons (Fsp3) is 0.333. The number of hydrogen-bond donors (Lipinski definition) is 1. The lowest BCUT2D eigenvalue weighted by Gasteiger charge is -2.16. The molecule has 1 rings (SSSR count). The molecule has 0 aliphatic heterocycles. The number of nitrogens with zero attached hydrogens (tertiary/aromatic N) is 1. The molecule has 0 radical (unpaired) electrons. The fourth-order valence-electron chi connectivity index (χ4n) is 1.10. The molecule has 7 heteroatoms. The molecule has 0 spiro atoms. The summed E-state index contributed by atoms with van der Waals surface area (Å²) in [5.74, 6) is -0.812. The van der Waals surface area contributed by atoms with Crippen LogP contribution in [0.2, 0.25) is 0 Å². The number of aliphatic hydroxyl groups excluding tert-OH is 1. The minimum absolute atomic E-state index is 0.0751. The van der Waals surface area contributed by atoms with E-state index in [4.69, 9.17) is 5.11 Å². The SMILES string of the molecule is CN(CCO)S(=O)(=O)c1cc(Br)ccc1F. The maximum absolute atomic E-state index is 13.4. The van der Waals surface area contributed by atoms with Crippen LogP contribution in [0.1, 0.15) is 0 Å². The van der Waals surface area contributed by atoms with Crippen molar-refractivity contribution in [2.45, 2.75) is 4.90 Å². The molecule has 0 saturated carbocycles. The van der Waals surface area contributed by atoms with E-state index in [2.05, 4.69) is 15.9 Å². The van der Waals surface area contributed by atoms with Gasteiger partial charge in [0.05, 0.1) is 6.61 Å². The Morgan fingerprint density at radius 2 is 2.12 bits per heavy atom. The Hall–Kier alpha value is -0.500. The molecule has 0 saturated heterocycles. The quantitative estimate of drug-likeness (QED) is 0.909. The number of sulfonamides is 1. The van der Waals surface area contributed by atoms with Gasteiger partial charge in [0.2, 0.25) is 10.0 Å². The molecule has 90 valence electrons. The second-order valence-electron chi connectivity index (χ2n) is 3.12. The summed E-state index contributed by atoms with van der Waals surface area (Å²) in [7, 11) is -2.60. The van der Waals surface area contributed by atoms with E-state index >= 15 is 0 Å². The van der Waals surface area contributed by atoms with Crippen LogP contribution in [-0.2, 0) is 10.0 Å². The van der Waals surface area contributed by atoms with Crippen LogP contribution in [0.15, 0.2) is 27.6 Å². The molecular formula is C9H11BrFNO3S. The van der Waals surface area contributed by atoms with E-state index < -0.39 is 20.7 Å². The van der Waals surface area contributed by atoms with Crippen molar-refractivity contribution in [3.8, 4) is 0 Å². The Balaban J connectivity index is 3.21. The highest BCUT2D eigenvalue weighted by Gasteiger charge is 2.24. The number of benzene rings is 1. The summed E-state index contributed by atoms with van der Waals surface area (Å²) in [6, 6.07) is 3.68. The van der Waals surface area contributed by atoms with Crippen LogP contribution in [-0.4, -0.2) is 38.0 Å². The second-order valence-corrected chi connectivity index (χ2v) is 6.05. The number of rotatable bonds is 4. The first-order chi connectivity index (χ1) is 7.39. The molecule has 0 bridgehead atoms. The van der Waals surface area contributed by atoms with Crippen LogP contribution < -0.4 is 0 Å². The Bertz CT molecular complexity index is 478. The zero-order chi connectivity index (χ0) is 12.3. The zero-order valence-corrected chi connectivity index (χ0v) is 10.9. The smallest absolute Gasteiger partial charge is 0.245 e. The number of hydrogen-bond acceptors (Lipinski definition) is 3. The summed E-state index contributed by atoms with van der Waals surface area (Å²) < 4.78 is 38.5. The maximum atomic E-state index is 13.4. The van der Waals surface area contributed by atoms with Crippen molar-refractivity contribution in [3.63, 3.8) is 0 Å². The predicted molar refractivity (Wildman–Crippen MR) is 61.0 cm³/mol. The molecule has 0 heterocycles. The van der Waals surface area contributed by atoms with Gasteiger partial charge in [-0.05, 0) is 18.2 Å². The summed E-state index contributed by atoms with van der Waals surface area (Å²) in [6.45, 7) is -0.389. The average molecular weight is 312 g/mol. The highest BCUT2D eigenvalue weighted by atomic mass is 79.9. The van der Waals surface area contributed by atoms with Crippen molar-refractivity contribution in [1.29, 1.82) is 0 Å². The van der Waals surface area contributed by atoms with Crippen LogP contribution in [0.25, 0.3) is 0 Å². The summed E-state index contributed by atoms with van der Waals surface area (Å²) in [5, 5.41) is 8.66. The molecule has 0 aromatic heterocycles. The van der Waals surface area contributed by atoms with E-state index in [1.165, 1.54) is 19.2 Å². The number of aliphatic hydroxyl groups is 1. The Morgan fingerprint density at radius 3 is 2.69 bits per heavy atom. The van der Waals surface area contributed by atoms with Gasteiger partial charge in [-0.15, -0.1) is 0 Å². The van der Waals surface area contributed by atoms with E-state index in [0.717, 1.165) is 10.4 Å². The van der Waals surface area contributed by atoms with Crippen LogP contribution in [0.3, 0.4) is 0 Å². The van der Waals surface area contributed by atoms with Crippen molar-refractivity contribution >= 4 is 26.0 Å². The summed E-state index contributed by atoms with van der Waals surface area (Å²) in [5.41, 5.74) is 0. The van der Waals surface area contributed by atoms with Crippen LogP contribution in [0.4, 0.5) is 4.39 Å². The third-order valence-corrected chi connectivity index (χ3v) is 4.36. The lowest BCUT2D eigenvalue weighted by Crippen LogP contribution is -2.30. The third kappa shape index (κ3) is 2.79. The first-order valence-corrected chi connectivity index (χ1v) is 6.65. The van der Waals surface area contributed by atoms with Gasteiger partial charge in [0.1, 0.15) is 10.7 Å². The number of likely N-dealkylation sites (N-methyl/N-ethyl adjacent to an activating group) is 1. The van der Waals surface area contributed by atoms with Gasteiger partial charge < -0.3 is 5.11 Å². The topological polar surface area (TPSA) is 57.6 Å². The largest absolute Gasteiger partial charge is 0.395 e. The van der Waals surface area contributed by atoms with E-state index in [1.54, 1.807) is 0 Å². The molecule has 0 amide bonds. The van der Waals surface area contributed by atoms with Gasteiger partial charge in [0.25, 0.3) is 0 Å².